The Bertz CT molecular complexity index is 1410. The number of carbonyl (C=O) groups excluding carboxylic acids is 2. The van der Waals surface area contributed by atoms with Crippen LogP contribution < -0.4 is 11.5 Å². The number of amides is 2. The van der Waals surface area contributed by atoms with Crippen LogP contribution in [0, 0.1) is 35.0 Å². The highest BCUT2D eigenvalue weighted by Crippen LogP contribution is 2.51. The number of hydrogen-bond donors (Lipinski definition) is 10. The van der Waals surface area contributed by atoms with Gasteiger partial charge in [0, 0.05) is 0 Å². The molecule has 0 bridgehead atoms. The summed E-state index contributed by atoms with van der Waals surface area (Å²) in [6.07, 6.45) is -9.08. The summed E-state index contributed by atoms with van der Waals surface area (Å²) in [6.45, 7) is 14.0. The summed E-state index contributed by atoms with van der Waals surface area (Å²) < 4.78 is 38.9. The van der Waals surface area contributed by atoms with E-state index in [9.17, 15) is 59.6 Å². The standard InChI is InChI=1S/C41H77N2O17P/c1-23(2)11-10-13-25(4)14-15-26(5)18-20-40(6,7)19-9-8-12-24(3)16-17-27(37(50)51)22-56-61(54,55)60-38-41(53,34-31(47)30(46)29(45)28(21-44)57-34)35(59-39(43)52)32(48)33(58-38)36(42)49/h23-35,38,44-48,53H,8-22H2,1-7H3,(H2,42,49)(H2,43,52)(H,50,51)(H,54,55)/t24?,25?,26?,27-,28-,29-,30+,31-,32-,33+,34-,35+,38-,41-/m1/s1. The van der Waals surface area contributed by atoms with Crippen molar-refractivity contribution in [1.29, 1.82) is 0 Å². The van der Waals surface area contributed by atoms with Gasteiger partial charge in [0.1, 0.15) is 36.6 Å². The van der Waals surface area contributed by atoms with Crippen molar-refractivity contribution < 1.29 is 82.8 Å². The van der Waals surface area contributed by atoms with E-state index in [-0.39, 0.29) is 17.8 Å². The van der Waals surface area contributed by atoms with E-state index in [2.05, 4.69) is 41.5 Å². The van der Waals surface area contributed by atoms with Crippen LogP contribution in [-0.2, 0) is 37.4 Å². The molecule has 4 unspecified atom stereocenters. The molecule has 0 spiro atoms. The van der Waals surface area contributed by atoms with E-state index >= 15 is 0 Å². The molecule has 2 amide bonds. The van der Waals surface area contributed by atoms with Crippen LogP contribution in [0.4, 0.5) is 4.79 Å². The Balaban J connectivity index is 2.01. The highest BCUT2D eigenvalue weighted by Gasteiger charge is 2.68. The summed E-state index contributed by atoms with van der Waals surface area (Å²) in [5.74, 6) is -1.79. The van der Waals surface area contributed by atoms with Crippen LogP contribution in [0.15, 0.2) is 0 Å². The summed E-state index contributed by atoms with van der Waals surface area (Å²) in [5.41, 5.74) is 7.26. The molecule has 0 aliphatic carbocycles. The summed E-state index contributed by atoms with van der Waals surface area (Å²) in [4.78, 5) is 47.1. The smallest absolute Gasteiger partial charge is 0.474 e. The molecule has 0 aromatic carbocycles. The fourth-order valence-corrected chi connectivity index (χ4v) is 9.03. The molecular formula is C41H77N2O17P. The van der Waals surface area contributed by atoms with Crippen molar-refractivity contribution in [1.82, 2.24) is 0 Å². The summed E-state index contributed by atoms with van der Waals surface area (Å²) in [6, 6.07) is 0. The van der Waals surface area contributed by atoms with Crippen LogP contribution in [0.3, 0.4) is 0 Å². The first-order valence-electron chi connectivity index (χ1n) is 21.8. The molecule has 20 heteroatoms. The molecule has 2 rings (SSSR count). The predicted octanol–water partition coefficient (Wildman–Crippen LogP) is 3.09. The second-order valence-corrected chi connectivity index (χ2v) is 20.3. The summed E-state index contributed by atoms with van der Waals surface area (Å²) in [7, 11) is -5.56. The number of hydrogen-bond acceptors (Lipinski definition) is 15. The van der Waals surface area contributed by atoms with Crippen LogP contribution in [0.1, 0.15) is 132 Å². The molecule has 2 saturated heterocycles. The highest BCUT2D eigenvalue weighted by atomic mass is 31.2. The number of aliphatic hydroxyl groups is 6. The Hall–Kier alpha value is -2.00. The van der Waals surface area contributed by atoms with Gasteiger partial charge >= 0.3 is 19.9 Å². The van der Waals surface area contributed by atoms with Crippen molar-refractivity contribution in [2.45, 2.75) is 193 Å². The van der Waals surface area contributed by atoms with Gasteiger partial charge in [-0.1, -0.05) is 106 Å². The van der Waals surface area contributed by atoms with Crippen molar-refractivity contribution >= 4 is 25.8 Å². The average Bonchev–Trinajstić information content (AvgIpc) is 3.16. The van der Waals surface area contributed by atoms with Gasteiger partial charge in [0.2, 0.25) is 12.2 Å². The van der Waals surface area contributed by atoms with Gasteiger partial charge in [-0.3, -0.25) is 18.6 Å². The van der Waals surface area contributed by atoms with Crippen molar-refractivity contribution in [2.24, 2.45) is 46.5 Å². The molecule has 2 heterocycles. The first kappa shape index (κ1) is 55.1. The maximum absolute atomic E-state index is 13.4. The SMILES string of the molecule is CC(C)CCCC(C)CCC(C)CCC(C)(C)CCCCC(C)CC[C@H](COP(=O)(O)O[C@H]1O[C@H](C(N)=O)[C@@H](O)[C@H](OC(N)=O)[C@]1(O)[C@@H]1O[C@H](CO)[C@@H](O)[C@H](O)[C@H]1O)C(=O)O. The Morgan fingerprint density at radius 2 is 1.34 bits per heavy atom. The third-order valence-corrected chi connectivity index (χ3v) is 13.3. The molecule has 2 aliphatic heterocycles. The first-order valence-corrected chi connectivity index (χ1v) is 23.3. The second kappa shape index (κ2) is 24.9. The van der Waals surface area contributed by atoms with Gasteiger partial charge in [-0.25, -0.2) is 9.36 Å². The molecule has 0 aromatic heterocycles. The Labute approximate surface area is 360 Å². The van der Waals surface area contributed by atoms with Crippen molar-refractivity contribution in [3.63, 3.8) is 0 Å². The third kappa shape index (κ3) is 17.1. The normalized spacial score (nSPS) is 31.5. The lowest BCUT2D eigenvalue weighted by molar-refractivity contribution is -0.367. The number of rotatable bonds is 28. The van der Waals surface area contributed by atoms with Crippen molar-refractivity contribution in [3.05, 3.63) is 0 Å². The van der Waals surface area contributed by atoms with Gasteiger partial charge in [-0.2, -0.15) is 0 Å². The van der Waals surface area contributed by atoms with E-state index in [1.807, 2.05) is 6.92 Å². The van der Waals surface area contributed by atoms with E-state index < -0.39 is 106 Å². The highest BCUT2D eigenvalue weighted by molar-refractivity contribution is 7.47. The summed E-state index contributed by atoms with van der Waals surface area (Å²) >= 11 is 0. The molecule has 0 aromatic rings. The van der Waals surface area contributed by atoms with Gasteiger partial charge in [0.15, 0.2) is 17.8 Å². The second-order valence-electron chi connectivity index (χ2n) is 18.9. The quantitative estimate of drug-likeness (QED) is 0.0398. The third-order valence-electron chi connectivity index (χ3n) is 12.4. The average molecular weight is 901 g/mol. The van der Waals surface area contributed by atoms with Gasteiger partial charge < -0.3 is 66.3 Å². The number of primary amides is 2. The van der Waals surface area contributed by atoms with Crippen LogP contribution in [0.25, 0.3) is 0 Å². The molecule has 12 N–H and O–H groups in total. The van der Waals surface area contributed by atoms with Crippen LogP contribution in [0.2, 0.25) is 0 Å². The van der Waals surface area contributed by atoms with E-state index in [0.717, 1.165) is 43.9 Å². The minimum Gasteiger partial charge on any atom is -0.481 e. The Morgan fingerprint density at radius 3 is 1.89 bits per heavy atom. The van der Waals surface area contributed by atoms with E-state index in [1.54, 1.807) is 0 Å². The molecule has 19 nitrogen and oxygen atoms in total. The van der Waals surface area contributed by atoms with E-state index in [1.165, 1.54) is 38.5 Å². The lowest BCUT2D eigenvalue weighted by Crippen LogP contribution is -2.78. The van der Waals surface area contributed by atoms with E-state index in [4.69, 9.17) is 34.7 Å². The van der Waals surface area contributed by atoms with Gasteiger partial charge in [-0.05, 0) is 54.8 Å². The number of ether oxygens (including phenoxy) is 3. The maximum atomic E-state index is 13.4. The molecule has 2 aliphatic rings. The first-order chi connectivity index (χ1) is 28.3. The molecule has 2 fully saturated rings. The largest absolute Gasteiger partial charge is 0.481 e. The number of carboxylic acid groups (broad SMARTS) is 1. The molecule has 61 heavy (non-hydrogen) atoms. The number of phosphoric acid groups is 1. The van der Waals surface area contributed by atoms with Crippen LogP contribution in [-0.4, -0.2) is 133 Å². The minimum atomic E-state index is -5.56. The minimum absolute atomic E-state index is 0.0510. The predicted molar refractivity (Wildman–Crippen MR) is 221 cm³/mol. The fourth-order valence-electron chi connectivity index (χ4n) is 8.14. The number of phosphoric ester groups is 1. The van der Waals surface area contributed by atoms with Crippen LogP contribution in [0.5, 0.6) is 0 Å². The van der Waals surface area contributed by atoms with Gasteiger partial charge in [0.05, 0.1) is 19.1 Å². The zero-order valence-electron chi connectivity index (χ0n) is 37.0. The number of aliphatic carboxylic acids is 1. The topological polar surface area (TPSA) is 328 Å². The number of carbonyl (C=O) groups is 3. The summed E-state index contributed by atoms with van der Waals surface area (Å²) in [5, 5.41) is 74.1. The number of aliphatic hydroxyl groups excluding tert-OH is 5. The van der Waals surface area contributed by atoms with Gasteiger partial charge in [-0.15, -0.1) is 0 Å². The molecule has 0 radical (unpaired) electrons. The maximum Gasteiger partial charge on any atom is 0.474 e. The van der Waals surface area contributed by atoms with Crippen LogP contribution >= 0.6 is 7.82 Å². The lowest BCUT2D eigenvalue weighted by atomic mass is 9.76. The molecule has 15 atom stereocenters. The molecule has 358 valence electrons. The zero-order valence-corrected chi connectivity index (χ0v) is 37.9. The van der Waals surface area contributed by atoms with E-state index in [0.29, 0.717) is 12.3 Å². The molecular weight excluding hydrogens is 823 g/mol. The zero-order chi connectivity index (χ0) is 46.5. The monoisotopic (exact) mass is 900 g/mol. The number of carboxylic acids is 1. The Kier molecular flexibility index (Phi) is 22.5. The fraction of sp³-hybridized carbons (Fsp3) is 0.927. The van der Waals surface area contributed by atoms with Gasteiger partial charge in [0.25, 0.3) is 0 Å². The Morgan fingerprint density at radius 1 is 0.770 bits per heavy atom. The van der Waals surface area contributed by atoms with Crippen molar-refractivity contribution in [3.8, 4) is 0 Å². The number of nitrogens with two attached hydrogens (primary N) is 2. The number of unbranched alkanes of at least 4 members (excludes halogenated alkanes) is 1. The molecule has 0 saturated carbocycles. The lowest BCUT2D eigenvalue weighted by Gasteiger charge is -2.54. The van der Waals surface area contributed by atoms with Crippen molar-refractivity contribution in [2.75, 3.05) is 13.2 Å².